The molecule has 5 nitrogen and oxygen atoms in total. The molecule has 96 valence electrons. The third kappa shape index (κ3) is 2.20. The number of thiazole rings is 1. The summed E-state index contributed by atoms with van der Waals surface area (Å²) in [6.45, 7) is 3.37. The van der Waals surface area contributed by atoms with Crippen molar-refractivity contribution in [2.75, 3.05) is 11.4 Å². The molecule has 7 heteroatoms. The number of aromatic nitrogens is 4. The van der Waals surface area contributed by atoms with Gasteiger partial charge in [-0.1, -0.05) is 0 Å². The van der Waals surface area contributed by atoms with E-state index >= 15 is 0 Å². The first-order chi connectivity index (χ1) is 8.74. The summed E-state index contributed by atoms with van der Waals surface area (Å²) < 4.78 is 0.464. The maximum absolute atomic E-state index is 4.95. The second-order valence-corrected chi connectivity index (χ2v) is 5.79. The van der Waals surface area contributed by atoms with Crippen LogP contribution in [0.1, 0.15) is 26.2 Å². The third-order valence-electron chi connectivity index (χ3n) is 3.28. The fourth-order valence-electron chi connectivity index (χ4n) is 2.28. The lowest BCUT2D eigenvalue weighted by Crippen LogP contribution is -2.37. The van der Waals surface area contributed by atoms with Crippen molar-refractivity contribution in [3.63, 3.8) is 0 Å². The number of piperidine rings is 1. The minimum absolute atomic E-state index is 0.464. The smallest absolute Gasteiger partial charge is 0.213 e. The molecule has 1 aliphatic heterocycles. The summed E-state index contributed by atoms with van der Waals surface area (Å²) in [5.74, 6) is 0.715. The molecule has 0 aromatic carbocycles. The van der Waals surface area contributed by atoms with Crippen molar-refractivity contribution in [2.45, 2.75) is 32.2 Å². The van der Waals surface area contributed by atoms with E-state index in [1.807, 2.05) is 5.38 Å². The summed E-state index contributed by atoms with van der Waals surface area (Å²) in [6.07, 6.45) is 3.83. The van der Waals surface area contributed by atoms with Gasteiger partial charge in [0, 0.05) is 18.0 Å². The van der Waals surface area contributed by atoms with E-state index < -0.39 is 0 Å². The van der Waals surface area contributed by atoms with Crippen molar-refractivity contribution in [3.8, 4) is 11.5 Å². The van der Waals surface area contributed by atoms with Gasteiger partial charge in [0.2, 0.25) is 4.77 Å². The lowest BCUT2D eigenvalue weighted by molar-refractivity contribution is 0.484. The molecule has 3 rings (SSSR count). The van der Waals surface area contributed by atoms with Gasteiger partial charge >= 0.3 is 0 Å². The Balaban J connectivity index is 1.87. The summed E-state index contributed by atoms with van der Waals surface area (Å²) in [4.78, 5) is 11.2. The van der Waals surface area contributed by atoms with Gasteiger partial charge in [0.1, 0.15) is 5.69 Å². The second-order valence-electron chi connectivity index (χ2n) is 4.57. The zero-order valence-corrected chi connectivity index (χ0v) is 11.8. The molecule has 1 unspecified atom stereocenters. The summed E-state index contributed by atoms with van der Waals surface area (Å²) in [5.41, 5.74) is 0.861. The van der Waals surface area contributed by atoms with Crippen LogP contribution in [0, 0.1) is 4.77 Å². The fourth-order valence-corrected chi connectivity index (χ4v) is 3.36. The van der Waals surface area contributed by atoms with Crippen molar-refractivity contribution in [3.05, 3.63) is 10.2 Å². The summed E-state index contributed by atoms with van der Waals surface area (Å²) in [5, 5.41) is 8.84. The zero-order chi connectivity index (χ0) is 12.5. The maximum Gasteiger partial charge on any atom is 0.213 e. The molecule has 2 N–H and O–H groups in total. The monoisotopic (exact) mass is 281 g/mol. The molecule has 0 bridgehead atoms. The van der Waals surface area contributed by atoms with Gasteiger partial charge < -0.3 is 4.90 Å². The van der Waals surface area contributed by atoms with Gasteiger partial charge in [0.05, 0.1) is 0 Å². The van der Waals surface area contributed by atoms with Crippen molar-refractivity contribution in [1.29, 1.82) is 0 Å². The van der Waals surface area contributed by atoms with Crippen molar-refractivity contribution in [1.82, 2.24) is 20.2 Å². The lowest BCUT2D eigenvalue weighted by atomic mass is 10.1. The molecule has 3 heterocycles. The summed E-state index contributed by atoms with van der Waals surface area (Å²) in [6, 6.07) is 0.579. The third-order valence-corrected chi connectivity index (χ3v) is 4.36. The van der Waals surface area contributed by atoms with Gasteiger partial charge in [-0.05, 0) is 38.4 Å². The zero-order valence-electron chi connectivity index (χ0n) is 10.1. The molecule has 0 saturated carbocycles. The van der Waals surface area contributed by atoms with Crippen LogP contribution in [0.15, 0.2) is 5.38 Å². The molecule has 0 aliphatic carbocycles. The van der Waals surface area contributed by atoms with E-state index in [1.165, 1.54) is 19.3 Å². The quantitative estimate of drug-likeness (QED) is 0.831. The van der Waals surface area contributed by atoms with Crippen LogP contribution in [-0.4, -0.2) is 32.8 Å². The normalized spacial score (nSPS) is 20.3. The molecule has 0 spiro atoms. The maximum atomic E-state index is 4.95. The lowest BCUT2D eigenvalue weighted by Gasteiger charge is -2.32. The van der Waals surface area contributed by atoms with Crippen LogP contribution in [-0.2, 0) is 0 Å². The number of hydrogen-bond donors (Lipinski definition) is 2. The Hall–Kier alpha value is -1.21. The number of nitrogens with zero attached hydrogens (tertiary/aromatic N) is 3. The Bertz CT molecular complexity index is 584. The standard InChI is InChI=1S/C11H15N5S2/c1-7-4-2-3-5-16(7)11-12-8(6-18-11)9-13-10(17)15-14-9/h6-7H,2-5H2,1H3,(H2,13,14,15,17). The molecule has 0 radical (unpaired) electrons. The molecule has 2 aromatic heterocycles. The predicted octanol–water partition coefficient (Wildman–Crippen LogP) is 2.97. The van der Waals surface area contributed by atoms with E-state index in [0.29, 0.717) is 16.6 Å². The highest BCUT2D eigenvalue weighted by Crippen LogP contribution is 2.30. The Labute approximate surface area is 114 Å². The summed E-state index contributed by atoms with van der Waals surface area (Å²) in [7, 11) is 0. The van der Waals surface area contributed by atoms with Gasteiger partial charge in [-0.2, -0.15) is 4.98 Å². The largest absolute Gasteiger partial charge is 0.345 e. The van der Waals surface area contributed by atoms with Gasteiger partial charge in [-0.15, -0.1) is 11.3 Å². The van der Waals surface area contributed by atoms with E-state index in [1.54, 1.807) is 11.3 Å². The van der Waals surface area contributed by atoms with Gasteiger partial charge in [-0.3, -0.25) is 10.2 Å². The number of anilines is 1. The van der Waals surface area contributed by atoms with E-state index in [-0.39, 0.29) is 0 Å². The molecular formula is C11H15N5S2. The highest BCUT2D eigenvalue weighted by atomic mass is 32.1. The first-order valence-corrected chi connectivity index (χ1v) is 7.40. The van der Waals surface area contributed by atoms with Gasteiger partial charge in [-0.25, -0.2) is 4.98 Å². The average molecular weight is 281 g/mol. The minimum Gasteiger partial charge on any atom is -0.345 e. The number of aromatic amines is 2. The van der Waals surface area contributed by atoms with Crippen LogP contribution < -0.4 is 4.90 Å². The highest BCUT2D eigenvalue weighted by molar-refractivity contribution is 7.71. The van der Waals surface area contributed by atoms with Crippen LogP contribution in [0.5, 0.6) is 0 Å². The van der Waals surface area contributed by atoms with Crippen LogP contribution in [0.3, 0.4) is 0 Å². The first kappa shape index (κ1) is 11.9. The Kier molecular flexibility index (Phi) is 3.17. The average Bonchev–Trinajstić information content (AvgIpc) is 2.98. The van der Waals surface area contributed by atoms with Crippen LogP contribution in [0.25, 0.3) is 11.5 Å². The minimum atomic E-state index is 0.464. The Morgan fingerprint density at radius 3 is 3.00 bits per heavy atom. The first-order valence-electron chi connectivity index (χ1n) is 6.11. The fraction of sp³-hybridized carbons (Fsp3) is 0.545. The number of H-pyrrole nitrogens is 2. The SMILES string of the molecule is CC1CCCCN1c1nc(-c2nc(=S)[nH][nH]2)cs1. The van der Waals surface area contributed by atoms with Gasteiger partial charge in [0.25, 0.3) is 0 Å². The predicted molar refractivity (Wildman–Crippen MR) is 75.5 cm³/mol. The van der Waals surface area contributed by atoms with E-state index in [0.717, 1.165) is 17.4 Å². The Morgan fingerprint density at radius 2 is 2.28 bits per heavy atom. The van der Waals surface area contributed by atoms with Crippen molar-refractivity contribution in [2.24, 2.45) is 0 Å². The topological polar surface area (TPSA) is 60.6 Å². The van der Waals surface area contributed by atoms with Gasteiger partial charge in [0.15, 0.2) is 11.0 Å². The molecule has 18 heavy (non-hydrogen) atoms. The van der Waals surface area contributed by atoms with Crippen molar-refractivity contribution >= 4 is 28.7 Å². The number of rotatable bonds is 2. The Morgan fingerprint density at radius 1 is 1.39 bits per heavy atom. The molecule has 1 fully saturated rings. The summed E-state index contributed by atoms with van der Waals surface area (Å²) >= 11 is 6.62. The van der Waals surface area contributed by atoms with E-state index in [4.69, 9.17) is 12.2 Å². The molecule has 1 atom stereocenters. The molecule has 2 aromatic rings. The van der Waals surface area contributed by atoms with Crippen LogP contribution in [0.4, 0.5) is 5.13 Å². The van der Waals surface area contributed by atoms with E-state index in [2.05, 4.69) is 32.0 Å². The second kappa shape index (κ2) is 4.81. The number of hydrogen-bond acceptors (Lipinski definition) is 5. The molecular weight excluding hydrogens is 266 g/mol. The molecule has 0 amide bonds. The van der Waals surface area contributed by atoms with Crippen molar-refractivity contribution < 1.29 is 0 Å². The highest BCUT2D eigenvalue weighted by Gasteiger charge is 2.21. The van der Waals surface area contributed by atoms with E-state index in [9.17, 15) is 0 Å². The molecule has 1 saturated heterocycles. The number of nitrogens with one attached hydrogen (secondary N) is 2. The van der Waals surface area contributed by atoms with Crippen LogP contribution in [0.2, 0.25) is 0 Å². The van der Waals surface area contributed by atoms with Crippen LogP contribution >= 0.6 is 23.6 Å². The molecule has 1 aliphatic rings.